The molecule has 1 aliphatic rings. The summed E-state index contributed by atoms with van der Waals surface area (Å²) in [7, 11) is 0. The lowest BCUT2D eigenvalue weighted by molar-refractivity contribution is 0.499. The monoisotopic (exact) mass is 312 g/mol. The maximum absolute atomic E-state index is 12.1. The highest BCUT2D eigenvalue weighted by Gasteiger charge is 2.20. The number of benzene rings is 1. The van der Waals surface area contributed by atoms with Crippen molar-refractivity contribution < 1.29 is 0 Å². The van der Waals surface area contributed by atoms with Crippen LogP contribution in [0, 0.1) is 0 Å². The third kappa shape index (κ3) is 1.95. The van der Waals surface area contributed by atoms with Gasteiger partial charge in [0.25, 0.3) is 0 Å². The van der Waals surface area contributed by atoms with Crippen LogP contribution in [0.5, 0.6) is 0 Å². The molecular formula is C12H13BrN2OS. The highest BCUT2D eigenvalue weighted by atomic mass is 79.9. The van der Waals surface area contributed by atoms with Gasteiger partial charge in [0.05, 0.1) is 11.0 Å². The number of rotatable bonds is 1. The molecule has 0 bridgehead atoms. The van der Waals surface area contributed by atoms with Crippen LogP contribution in [0.2, 0.25) is 0 Å². The molecule has 0 amide bonds. The number of para-hydroxylation sites is 1. The molecule has 1 saturated heterocycles. The van der Waals surface area contributed by atoms with Crippen molar-refractivity contribution >= 4 is 38.7 Å². The Morgan fingerprint density at radius 3 is 3.12 bits per heavy atom. The van der Waals surface area contributed by atoms with E-state index in [1.54, 1.807) is 0 Å². The second-order valence-corrected chi connectivity index (χ2v) is 6.31. The fraction of sp³-hybridized carbons (Fsp3) is 0.417. The normalized spacial score (nSPS) is 20.9. The van der Waals surface area contributed by atoms with Gasteiger partial charge in [0.1, 0.15) is 0 Å². The van der Waals surface area contributed by atoms with Crippen LogP contribution in [0.3, 0.4) is 0 Å². The topological polar surface area (TPSA) is 37.8 Å². The van der Waals surface area contributed by atoms with E-state index in [0.717, 1.165) is 27.7 Å². The fourth-order valence-electron chi connectivity index (χ4n) is 2.40. The number of fused-ring (bicyclic) bond motifs is 1. The first-order valence-corrected chi connectivity index (χ1v) is 7.68. The number of aromatic nitrogens is 2. The molecule has 1 fully saturated rings. The number of H-pyrrole nitrogens is 1. The van der Waals surface area contributed by atoms with Gasteiger partial charge in [0.2, 0.25) is 0 Å². The summed E-state index contributed by atoms with van der Waals surface area (Å²) in [4.78, 5) is 15.0. The molecule has 0 aliphatic carbocycles. The zero-order valence-electron chi connectivity index (χ0n) is 9.28. The van der Waals surface area contributed by atoms with Crippen LogP contribution in [-0.4, -0.2) is 21.1 Å². The molecule has 1 aromatic heterocycles. The molecule has 2 aromatic rings. The minimum absolute atomic E-state index is 0.0133. The lowest BCUT2D eigenvalue weighted by Gasteiger charge is -2.22. The van der Waals surface area contributed by atoms with Gasteiger partial charge in [-0.2, -0.15) is 11.8 Å². The molecule has 0 spiro atoms. The van der Waals surface area contributed by atoms with Crippen molar-refractivity contribution in [1.29, 1.82) is 0 Å². The molecule has 1 N–H and O–H groups in total. The second-order valence-electron chi connectivity index (χ2n) is 4.31. The van der Waals surface area contributed by atoms with E-state index >= 15 is 0 Å². The predicted molar refractivity (Wildman–Crippen MR) is 75.9 cm³/mol. The SMILES string of the molecule is O=c1[nH]c2c(Br)cccc2n1C1CCCSC1. The number of hydrogen-bond acceptors (Lipinski definition) is 2. The van der Waals surface area contributed by atoms with Crippen molar-refractivity contribution in [1.82, 2.24) is 9.55 Å². The van der Waals surface area contributed by atoms with E-state index in [9.17, 15) is 4.79 Å². The van der Waals surface area contributed by atoms with Crippen LogP contribution in [0.4, 0.5) is 0 Å². The molecule has 2 heterocycles. The zero-order valence-corrected chi connectivity index (χ0v) is 11.7. The number of aromatic amines is 1. The Kier molecular flexibility index (Phi) is 3.04. The highest BCUT2D eigenvalue weighted by molar-refractivity contribution is 9.10. The number of hydrogen-bond donors (Lipinski definition) is 1. The van der Waals surface area contributed by atoms with Crippen LogP contribution in [0.1, 0.15) is 18.9 Å². The first-order chi connectivity index (χ1) is 8.27. The molecule has 5 heteroatoms. The number of imidazole rings is 1. The quantitative estimate of drug-likeness (QED) is 0.878. The van der Waals surface area contributed by atoms with Crippen molar-refractivity contribution in [2.24, 2.45) is 0 Å². The van der Waals surface area contributed by atoms with Crippen molar-refractivity contribution in [3.63, 3.8) is 0 Å². The molecule has 1 aromatic carbocycles. The Bertz CT molecular complexity index is 598. The Morgan fingerprint density at radius 2 is 2.35 bits per heavy atom. The molecule has 17 heavy (non-hydrogen) atoms. The number of nitrogens with one attached hydrogen (secondary N) is 1. The summed E-state index contributed by atoms with van der Waals surface area (Å²) in [5.74, 6) is 2.26. The summed E-state index contributed by atoms with van der Waals surface area (Å²) in [6.07, 6.45) is 2.30. The number of nitrogens with zero attached hydrogens (tertiary/aromatic N) is 1. The van der Waals surface area contributed by atoms with Gasteiger partial charge in [0, 0.05) is 16.3 Å². The molecule has 90 valence electrons. The van der Waals surface area contributed by atoms with Gasteiger partial charge in [0.15, 0.2) is 0 Å². The number of thioether (sulfide) groups is 1. The molecule has 3 rings (SSSR count). The van der Waals surface area contributed by atoms with Gasteiger partial charge >= 0.3 is 5.69 Å². The van der Waals surface area contributed by atoms with Crippen LogP contribution >= 0.6 is 27.7 Å². The minimum atomic E-state index is 0.0133. The smallest absolute Gasteiger partial charge is 0.305 e. The molecule has 0 saturated carbocycles. The molecular weight excluding hydrogens is 300 g/mol. The van der Waals surface area contributed by atoms with E-state index in [2.05, 4.69) is 20.9 Å². The first-order valence-electron chi connectivity index (χ1n) is 5.74. The summed E-state index contributed by atoms with van der Waals surface area (Å²) >= 11 is 5.42. The van der Waals surface area contributed by atoms with Crippen LogP contribution in [-0.2, 0) is 0 Å². The summed E-state index contributed by atoms with van der Waals surface area (Å²) in [5.41, 5.74) is 1.93. The van der Waals surface area contributed by atoms with E-state index in [4.69, 9.17) is 0 Å². The van der Waals surface area contributed by atoms with Crippen molar-refractivity contribution in [3.05, 3.63) is 33.2 Å². The Labute approximate surface area is 112 Å². The Hall–Kier alpha value is -0.680. The molecule has 0 radical (unpaired) electrons. The van der Waals surface area contributed by atoms with Crippen LogP contribution in [0.15, 0.2) is 27.5 Å². The predicted octanol–water partition coefficient (Wildman–Crippen LogP) is 3.16. The highest BCUT2D eigenvalue weighted by Crippen LogP contribution is 2.29. The zero-order chi connectivity index (χ0) is 11.8. The molecule has 1 aliphatic heterocycles. The largest absolute Gasteiger partial charge is 0.326 e. The number of halogens is 1. The summed E-state index contributed by atoms with van der Waals surface area (Å²) in [5, 5.41) is 0. The standard InChI is InChI=1S/C12H13BrN2OS/c13-9-4-1-5-10-11(9)14-12(16)15(10)8-3-2-6-17-7-8/h1,4-5,8H,2-3,6-7H2,(H,14,16). The summed E-state index contributed by atoms with van der Waals surface area (Å²) < 4.78 is 2.88. The van der Waals surface area contributed by atoms with Gasteiger partial charge in [-0.15, -0.1) is 0 Å². The Morgan fingerprint density at radius 1 is 1.47 bits per heavy atom. The third-order valence-corrected chi connectivity index (χ3v) is 5.06. The second kappa shape index (κ2) is 4.53. The van der Waals surface area contributed by atoms with Gasteiger partial charge in [-0.05, 0) is 46.7 Å². The minimum Gasteiger partial charge on any atom is -0.305 e. The first kappa shape index (κ1) is 11.4. The maximum Gasteiger partial charge on any atom is 0.326 e. The van der Waals surface area contributed by atoms with Gasteiger partial charge < -0.3 is 4.98 Å². The van der Waals surface area contributed by atoms with E-state index < -0.39 is 0 Å². The average molecular weight is 313 g/mol. The summed E-state index contributed by atoms with van der Waals surface area (Å²) in [6.45, 7) is 0. The lowest BCUT2D eigenvalue weighted by atomic mass is 10.2. The van der Waals surface area contributed by atoms with E-state index in [0.29, 0.717) is 6.04 Å². The van der Waals surface area contributed by atoms with Gasteiger partial charge in [-0.3, -0.25) is 4.57 Å². The van der Waals surface area contributed by atoms with E-state index in [1.807, 2.05) is 34.5 Å². The van der Waals surface area contributed by atoms with Gasteiger partial charge in [-0.25, -0.2) is 4.79 Å². The summed E-state index contributed by atoms with van der Waals surface area (Å²) in [6, 6.07) is 6.28. The third-order valence-electron chi connectivity index (χ3n) is 3.20. The van der Waals surface area contributed by atoms with E-state index in [1.165, 1.54) is 12.2 Å². The van der Waals surface area contributed by atoms with Crippen LogP contribution < -0.4 is 5.69 Å². The van der Waals surface area contributed by atoms with Crippen LogP contribution in [0.25, 0.3) is 11.0 Å². The molecule has 1 unspecified atom stereocenters. The van der Waals surface area contributed by atoms with Gasteiger partial charge in [-0.1, -0.05) is 6.07 Å². The van der Waals surface area contributed by atoms with E-state index in [-0.39, 0.29) is 5.69 Å². The Balaban J connectivity index is 2.18. The van der Waals surface area contributed by atoms with Crippen molar-refractivity contribution in [2.75, 3.05) is 11.5 Å². The van der Waals surface area contributed by atoms with Crippen molar-refractivity contribution in [3.8, 4) is 0 Å². The lowest BCUT2D eigenvalue weighted by Crippen LogP contribution is -2.25. The molecule has 1 atom stereocenters. The fourth-order valence-corrected chi connectivity index (χ4v) is 3.98. The maximum atomic E-state index is 12.1. The molecule has 3 nitrogen and oxygen atoms in total. The average Bonchev–Trinajstić information content (AvgIpc) is 2.68. The van der Waals surface area contributed by atoms with Crippen molar-refractivity contribution in [2.45, 2.75) is 18.9 Å².